The highest BCUT2D eigenvalue weighted by Crippen LogP contribution is 2.38. The Morgan fingerprint density at radius 1 is 1.25 bits per heavy atom. The molecule has 0 amide bonds. The van der Waals surface area contributed by atoms with E-state index in [-0.39, 0.29) is 0 Å². The lowest BCUT2D eigenvalue weighted by molar-refractivity contribution is 0.0334. The van der Waals surface area contributed by atoms with Crippen molar-refractivity contribution in [1.29, 1.82) is 0 Å². The van der Waals surface area contributed by atoms with Crippen LogP contribution in [0.4, 0.5) is 0 Å². The maximum Gasteiger partial charge on any atom is 0.0802 e. The van der Waals surface area contributed by atoms with E-state index < -0.39 is 0 Å². The Labute approximate surface area is 122 Å². The Morgan fingerprint density at radius 3 is 2.50 bits per heavy atom. The van der Waals surface area contributed by atoms with Crippen molar-refractivity contribution in [2.75, 3.05) is 26.3 Å². The zero-order chi connectivity index (χ0) is 14.1. The van der Waals surface area contributed by atoms with Crippen molar-refractivity contribution in [2.45, 2.75) is 58.5 Å². The monoisotopic (exact) mass is 277 g/mol. The van der Waals surface area contributed by atoms with Gasteiger partial charge in [0.05, 0.1) is 24.9 Å². The first-order chi connectivity index (χ1) is 9.70. The molecule has 0 spiro atoms. The fourth-order valence-electron chi connectivity index (χ4n) is 3.26. The summed E-state index contributed by atoms with van der Waals surface area (Å²) < 4.78 is 7.78. The molecule has 1 aromatic heterocycles. The summed E-state index contributed by atoms with van der Waals surface area (Å²) in [5.41, 5.74) is 4.29. The Bertz CT molecular complexity index is 457. The molecule has 112 valence electrons. The predicted octanol–water partition coefficient (Wildman–Crippen LogP) is 2.74. The number of hydrogen-bond acceptors (Lipinski definition) is 3. The van der Waals surface area contributed by atoms with Gasteiger partial charge < -0.3 is 4.74 Å². The first-order valence-electron chi connectivity index (χ1n) is 8.11. The molecule has 2 fully saturated rings. The molecule has 0 aromatic carbocycles. The average molecular weight is 277 g/mol. The molecule has 0 atom stereocenters. The minimum atomic E-state index is 0.563. The molecule has 0 N–H and O–H groups in total. The van der Waals surface area contributed by atoms with Crippen LogP contribution in [0.25, 0.3) is 0 Å². The Kier molecular flexibility index (Phi) is 4.13. The number of hydrogen-bond donors (Lipinski definition) is 0. The topological polar surface area (TPSA) is 30.3 Å². The first-order valence-corrected chi connectivity index (χ1v) is 8.11. The molecule has 2 heterocycles. The smallest absolute Gasteiger partial charge is 0.0802 e. The van der Waals surface area contributed by atoms with Crippen LogP contribution >= 0.6 is 0 Å². The fourth-order valence-corrected chi connectivity index (χ4v) is 3.26. The van der Waals surface area contributed by atoms with Gasteiger partial charge in [0.1, 0.15) is 0 Å². The maximum atomic E-state index is 5.45. The average Bonchev–Trinajstić information content (AvgIpc) is 3.22. The molecular weight excluding hydrogens is 250 g/mol. The Balaban J connectivity index is 1.87. The summed E-state index contributed by atoms with van der Waals surface area (Å²) >= 11 is 0. The van der Waals surface area contributed by atoms with Gasteiger partial charge >= 0.3 is 0 Å². The van der Waals surface area contributed by atoms with Crippen LogP contribution in [0.5, 0.6) is 0 Å². The van der Waals surface area contributed by atoms with Crippen LogP contribution in [0.15, 0.2) is 0 Å². The molecule has 1 aliphatic heterocycles. The zero-order valence-electron chi connectivity index (χ0n) is 13.1. The largest absolute Gasteiger partial charge is 0.379 e. The molecular formula is C16H27N3O. The number of rotatable bonds is 5. The van der Waals surface area contributed by atoms with Gasteiger partial charge in [-0.25, -0.2) is 0 Å². The van der Waals surface area contributed by atoms with Crippen molar-refractivity contribution >= 4 is 0 Å². The zero-order valence-corrected chi connectivity index (χ0v) is 13.1. The third kappa shape index (κ3) is 2.77. The molecule has 1 saturated carbocycles. The van der Waals surface area contributed by atoms with E-state index in [1.165, 1.54) is 29.8 Å². The minimum Gasteiger partial charge on any atom is -0.379 e. The van der Waals surface area contributed by atoms with E-state index >= 15 is 0 Å². The molecule has 1 aliphatic carbocycles. The molecule has 4 nitrogen and oxygen atoms in total. The second-order valence-corrected chi connectivity index (χ2v) is 6.38. The van der Waals surface area contributed by atoms with Gasteiger partial charge in [-0.1, -0.05) is 20.8 Å². The second-order valence-electron chi connectivity index (χ2n) is 6.38. The van der Waals surface area contributed by atoms with E-state index in [0.717, 1.165) is 39.3 Å². The molecule has 3 rings (SSSR count). The number of ether oxygens (including phenoxy) is 1. The van der Waals surface area contributed by atoms with Crippen LogP contribution < -0.4 is 0 Å². The van der Waals surface area contributed by atoms with Crippen molar-refractivity contribution in [3.05, 3.63) is 17.0 Å². The van der Waals surface area contributed by atoms with Gasteiger partial charge in [0.15, 0.2) is 0 Å². The van der Waals surface area contributed by atoms with E-state index in [4.69, 9.17) is 9.84 Å². The van der Waals surface area contributed by atoms with Crippen LogP contribution in [-0.2, 0) is 17.7 Å². The number of morpholine rings is 1. The van der Waals surface area contributed by atoms with Crippen LogP contribution in [-0.4, -0.2) is 41.0 Å². The summed E-state index contributed by atoms with van der Waals surface area (Å²) in [6.45, 7) is 11.7. The molecule has 1 aromatic rings. The van der Waals surface area contributed by atoms with Gasteiger partial charge in [0, 0.05) is 30.9 Å². The van der Waals surface area contributed by atoms with Crippen LogP contribution in [0.2, 0.25) is 0 Å². The summed E-state index contributed by atoms with van der Waals surface area (Å²) in [6.07, 6.45) is 3.71. The summed E-state index contributed by atoms with van der Waals surface area (Å²) in [4.78, 5) is 2.48. The van der Waals surface area contributed by atoms with Crippen molar-refractivity contribution < 1.29 is 4.74 Å². The lowest BCUT2D eigenvalue weighted by atomic mass is 9.98. The molecule has 4 heteroatoms. The minimum absolute atomic E-state index is 0.563. The first kappa shape index (κ1) is 14.1. The molecule has 0 radical (unpaired) electrons. The summed E-state index contributed by atoms with van der Waals surface area (Å²) in [5.74, 6) is 0.563. The maximum absolute atomic E-state index is 5.45. The van der Waals surface area contributed by atoms with Crippen molar-refractivity contribution in [1.82, 2.24) is 14.7 Å². The van der Waals surface area contributed by atoms with Crippen LogP contribution in [0.1, 0.15) is 62.5 Å². The van der Waals surface area contributed by atoms with Gasteiger partial charge in [-0.3, -0.25) is 9.58 Å². The van der Waals surface area contributed by atoms with Crippen LogP contribution in [0.3, 0.4) is 0 Å². The highest BCUT2D eigenvalue weighted by atomic mass is 16.5. The highest BCUT2D eigenvalue weighted by Gasteiger charge is 2.30. The van der Waals surface area contributed by atoms with Crippen molar-refractivity contribution in [2.24, 2.45) is 0 Å². The molecule has 2 aliphatic rings. The van der Waals surface area contributed by atoms with Gasteiger partial charge in [-0.05, 0) is 25.2 Å². The van der Waals surface area contributed by atoms with E-state index in [9.17, 15) is 0 Å². The summed E-state index contributed by atoms with van der Waals surface area (Å²) in [7, 11) is 0. The summed E-state index contributed by atoms with van der Waals surface area (Å²) in [6, 6.07) is 0.681. The van der Waals surface area contributed by atoms with Gasteiger partial charge in [0.2, 0.25) is 0 Å². The highest BCUT2D eigenvalue weighted by molar-refractivity contribution is 5.31. The SMILES string of the molecule is CCc1c(C(C)C)c(CN2CCOCC2)nn1C1CC1. The molecule has 1 saturated heterocycles. The Hall–Kier alpha value is -0.870. The fraction of sp³-hybridized carbons (Fsp3) is 0.812. The quantitative estimate of drug-likeness (QED) is 0.829. The summed E-state index contributed by atoms with van der Waals surface area (Å²) in [5, 5.41) is 4.99. The third-order valence-corrected chi connectivity index (χ3v) is 4.41. The third-order valence-electron chi connectivity index (χ3n) is 4.41. The lowest BCUT2D eigenvalue weighted by Crippen LogP contribution is -2.36. The van der Waals surface area contributed by atoms with Gasteiger partial charge in [-0.2, -0.15) is 5.10 Å². The molecule has 20 heavy (non-hydrogen) atoms. The predicted molar refractivity (Wildman–Crippen MR) is 80.1 cm³/mol. The van der Waals surface area contributed by atoms with E-state index in [2.05, 4.69) is 30.4 Å². The van der Waals surface area contributed by atoms with Crippen molar-refractivity contribution in [3.8, 4) is 0 Å². The standard InChI is InChI=1S/C16H27N3O/c1-4-15-16(12(2)3)14(17-19(15)13-5-6-13)11-18-7-9-20-10-8-18/h12-13H,4-11H2,1-3H3. The van der Waals surface area contributed by atoms with Crippen LogP contribution in [0, 0.1) is 0 Å². The van der Waals surface area contributed by atoms with E-state index in [0.29, 0.717) is 12.0 Å². The van der Waals surface area contributed by atoms with Crippen molar-refractivity contribution in [3.63, 3.8) is 0 Å². The Morgan fingerprint density at radius 2 is 1.95 bits per heavy atom. The lowest BCUT2D eigenvalue weighted by Gasteiger charge is -2.26. The number of aromatic nitrogens is 2. The molecule has 0 bridgehead atoms. The number of nitrogens with zero attached hydrogens (tertiary/aromatic N) is 3. The normalized spacial score (nSPS) is 20.8. The van der Waals surface area contributed by atoms with Gasteiger partial charge in [0.25, 0.3) is 0 Å². The molecule has 0 unspecified atom stereocenters. The second kappa shape index (κ2) is 5.86. The van der Waals surface area contributed by atoms with Gasteiger partial charge in [-0.15, -0.1) is 0 Å². The van der Waals surface area contributed by atoms with E-state index in [1.807, 2.05) is 0 Å². The van der Waals surface area contributed by atoms with E-state index in [1.54, 1.807) is 0 Å².